The number of benzene rings is 2. The first kappa shape index (κ1) is 15.2. The van der Waals surface area contributed by atoms with Gasteiger partial charge in [0.1, 0.15) is 5.75 Å². The minimum Gasteiger partial charge on any atom is -0.484 e. The number of rotatable bonds is 4. The molecule has 0 aliphatic carbocycles. The average molecular weight is 330 g/mol. The topological polar surface area (TPSA) is 26.3 Å². The van der Waals surface area contributed by atoms with Crippen LogP contribution in [0.4, 0.5) is 0 Å². The highest BCUT2D eigenvalue weighted by atomic mass is 35.5. The molecule has 0 heterocycles. The lowest BCUT2D eigenvalue weighted by atomic mass is 10.1. The number of hydrogen-bond acceptors (Lipinski definition) is 2. The van der Waals surface area contributed by atoms with Gasteiger partial charge in [0.15, 0.2) is 12.4 Å². The molecule has 0 spiro atoms. The first-order chi connectivity index (χ1) is 9.49. The summed E-state index contributed by atoms with van der Waals surface area (Å²) in [6.07, 6.45) is 0. The number of carbonyl (C=O) groups is 1. The second-order valence-electron chi connectivity index (χ2n) is 4.22. The van der Waals surface area contributed by atoms with Crippen molar-refractivity contribution in [1.29, 1.82) is 0 Å². The van der Waals surface area contributed by atoms with Gasteiger partial charge in [-0.15, -0.1) is 0 Å². The van der Waals surface area contributed by atoms with Crippen LogP contribution in [-0.4, -0.2) is 12.4 Å². The summed E-state index contributed by atoms with van der Waals surface area (Å²) in [5.41, 5.74) is 1.53. The summed E-state index contributed by atoms with van der Waals surface area (Å²) in [6.45, 7) is 1.77. The molecule has 0 saturated carbocycles. The molecule has 5 heteroatoms. The van der Waals surface area contributed by atoms with Crippen LogP contribution in [0.15, 0.2) is 36.4 Å². The molecule has 0 saturated heterocycles. The summed E-state index contributed by atoms with van der Waals surface area (Å²) in [6, 6.07) is 10.3. The molecule has 104 valence electrons. The summed E-state index contributed by atoms with van der Waals surface area (Å²) in [5, 5.41) is 0.987. The van der Waals surface area contributed by atoms with E-state index in [0.29, 0.717) is 26.4 Å². The Morgan fingerprint density at radius 1 is 1.05 bits per heavy atom. The maximum atomic E-state index is 12.1. The summed E-state index contributed by atoms with van der Waals surface area (Å²) in [4.78, 5) is 12.1. The molecule has 0 amide bonds. The third kappa shape index (κ3) is 3.45. The SMILES string of the molecule is Cc1ccccc1C(=O)COc1cc(Cl)c(Cl)cc1Cl. The van der Waals surface area contributed by atoms with Crippen molar-refractivity contribution in [3.8, 4) is 5.75 Å². The van der Waals surface area contributed by atoms with Crippen molar-refractivity contribution in [2.75, 3.05) is 6.61 Å². The van der Waals surface area contributed by atoms with Crippen LogP contribution in [0.1, 0.15) is 15.9 Å². The van der Waals surface area contributed by atoms with Gasteiger partial charge >= 0.3 is 0 Å². The fourth-order valence-corrected chi connectivity index (χ4v) is 2.31. The lowest BCUT2D eigenvalue weighted by Gasteiger charge is -2.09. The molecule has 2 aromatic carbocycles. The fourth-order valence-electron chi connectivity index (χ4n) is 1.72. The van der Waals surface area contributed by atoms with Gasteiger partial charge in [-0.3, -0.25) is 4.79 Å². The monoisotopic (exact) mass is 328 g/mol. The Bertz CT molecular complexity index is 654. The average Bonchev–Trinajstić information content (AvgIpc) is 2.41. The van der Waals surface area contributed by atoms with Gasteiger partial charge in [-0.1, -0.05) is 59.1 Å². The van der Waals surface area contributed by atoms with E-state index >= 15 is 0 Å². The molecule has 20 heavy (non-hydrogen) atoms. The molecule has 0 radical (unpaired) electrons. The molecule has 0 aliphatic heterocycles. The summed E-state index contributed by atoms with van der Waals surface area (Å²) < 4.78 is 5.42. The smallest absolute Gasteiger partial charge is 0.200 e. The van der Waals surface area contributed by atoms with Crippen LogP contribution < -0.4 is 4.74 Å². The third-order valence-corrected chi connectivity index (χ3v) is 3.80. The first-order valence-corrected chi connectivity index (χ1v) is 6.98. The Morgan fingerprint density at radius 2 is 1.70 bits per heavy atom. The second-order valence-corrected chi connectivity index (χ2v) is 5.45. The zero-order valence-electron chi connectivity index (χ0n) is 10.6. The van der Waals surface area contributed by atoms with E-state index in [-0.39, 0.29) is 12.4 Å². The van der Waals surface area contributed by atoms with E-state index in [1.165, 1.54) is 12.1 Å². The molecule has 0 unspecified atom stereocenters. The first-order valence-electron chi connectivity index (χ1n) is 5.85. The van der Waals surface area contributed by atoms with Gasteiger partial charge in [-0.05, 0) is 18.6 Å². The molecule has 0 aromatic heterocycles. The van der Waals surface area contributed by atoms with E-state index in [1.54, 1.807) is 6.07 Å². The predicted molar refractivity (Wildman–Crippen MR) is 82.5 cm³/mol. The number of ketones is 1. The lowest BCUT2D eigenvalue weighted by Crippen LogP contribution is -2.13. The van der Waals surface area contributed by atoms with Crippen molar-refractivity contribution in [1.82, 2.24) is 0 Å². The van der Waals surface area contributed by atoms with Gasteiger partial charge in [-0.25, -0.2) is 0 Å². The van der Waals surface area contributed by atoms with Crippen LogP contribution in [0.5, 0.6) is 5.75 Å². The zero-order chi connectivity index (χ0) is 14.7. The number of ether oxygens (including phenoxy) is 1. The van der Waals surface area contributed by atoms with Crippen LogP contribution in [0.3, 0.4) is 0 Å². The largest absolute Gasteiger partial charge is 0.484 e. The van der Waals surface area contributed by atoms with Gasteiger partial charge in [0, 0.05) is 11.6 Å². The molecule has 0 N–H and O–H groups in total. The van der Waals surface area contributed by atoms with E-state index in [2.05, 4.69) is 0 Å². The molecule has 2 rings (SSSR count). The van der Waals surface area contributed by atoms with E-state index in [0.717, 1.165) is 5.56 Å². The molecule has 2 nitrogen and oxygen atoms in total. The van der Waals surface area contributed by atoms with Crippen molar-refractivity contribution >= 4 is 40.6 Å². The number of hydrogen-bond donors (Lipinski definition) is 0. The summed E-state index contributed by atoms with van der Waals surface area (Å²) in [5.74, 6) is 0.216. The van der Waals surface area contributed by atoms with Crippen LogP contribution in [-0.2, 0) is 0 Å². The highest BCUT2D eigenvalue weighted by Gasteiger charge is 2.12. The van der Waals surface area contributed by atoms with Gasteiger partial charge in [0.2, 0.25) is 0 Å². The van der Waals surface area contributed by atoms with Crippen LogP contribution >= 0.6 is 34.8 Å². The molecular formula is C15H11Cl3O2. The zero-order valence-corrected chi connectivity index (χ0v) is 12.9. The highest BCUT2D eigenvalue weighted by Crippen LogP contribution is 2.33. The van der Waals surface area contributed by atoms with Gasteiger partial charge in [-0.2, -0.15) is 0 Å². The standard InChI is InChI=1S/C15H11Cl3O2/c1-9-4-2-3-5-10(9)14(19)8-20-15-7-12(17)11(16)6-13(15)18/h2-7H,8H2,1H3. The molecule has 0 fully saturated rings. The van der Waals surface area contributed by atoms with E-state index in [9.17, 15) is 4.79 Å². The Kier molecular flexibility index (Phi) is 4.92. The van der Waals surface area contributed by atoms with Crippen LogP contribution in [0.2, 0.25) is 15.1 Å². The normalized spacial score (nSPS) is 10.4. The minimum atomic E-state index is -0.120. The Labute approximate surface area is 132 Å². The van der Waals surface area contributed by atoms with Crippen molar-refractivity contribution in [2.45, 2.75) is 6.92 Å². The van der Waals surface area contributed by atoms with Crippen LogP contribution in [0, 0.1) is 6.92 Å². The molecule has 0 atom stereocenters. The Hall–Kier alpha value is -1.22. The maximum absolute atomic E-state index is 12.1. The van der Waals surface area contributed by atoms with Gasteiger partial charge in [0.25, 0.3) is 0 Å². The van der Waals surface area contributed by atoms with E-state index in [4.69, 9.17) is 39.5 Å². The molecular weight excluding hydrogens is 319 g/mol. The quantitative estimate of drug-likeness (QED) is 0.568. The number of aryl methyl sites for hydroxylation is 1. The van der Waals surface area contributed by atoms with Crippen molar-refractivity contribution < 1.29 is 9.53 Å². The predicted octanol–water partition coefficient (Wildman–Crippen LogP) is 5.22. The minimum absolute atomic E-state index is 0.109. The second kappa shape index (κ2) is 6.49. The van der Waals surface area contributed by atoms with Gasteiger partial charge in [0.05, 0.1) is 15.1 Å². The number of halogens is 3. The van der Waals surface area contributed by atoms with Crippen molar-refractivity contribution in [2.24, 2.45) is 0 Å². The molecule has 0 aliphatic rings. The summed E-state index contributed by atoms with van der Waals surface area (Å²) in [7, 11) is 0. The number of Topliss-reactive ketones (excluding diaryl/α,β-unsaturated/α-hetero) is 1. The van der Waals surface area contributed by atoms with E-state index in [1.807, 2.05) is 25.1 Å². The van der Waals surface area contributed by atoms with Gasteiger partial charge < -0.3 is 4.74 Å². The lowest BCUT2D eigenvalue weighted by molar-refractivity contribution is 0.0921. The van der Waals surface area contributed by atoms with Crippen molar-refractivity contribution in [3.05, 3.63) is 62.6 Å². The van der Waals surface area contributed by atoms with Crippen molar-refractivity contribution in [3.63, 3.8) is 0 Å². The Morgan fingerprint density at radius 3 is 2.40 bits per heavy atom. The third-order valence-electron chi connectivity index (χ3n) is 2.78. The number of carbonyl (C=O) groups excluding carboxylic acids is 1. The summed E-state index contributed by atoms with van der Waals surface area (Å²) >= 11 is 17.7. The highest BCUT2D eigenvalue weighted by molar-refractivity contribution is 6.43. The Balaban J connectivity index is 2.12. The molecule has 0 bridgehead atoms. The maximum Gasteiger partial charge on any atom is 0.200 e. The van der Waals surface area contributed by atoms with E-state index < -0.39 is 0 Å². The fraction of sp³-hybridized carbons (Fsp3) is 0.133. The molecule has 2 aromatic rings. The van der Waals surface area contributed by atoms with Crippen LogP contribution in [0.25, 0.3) is 0 Å².